The van der Waals surface area contributed by atoms with E-state index in [0.29, 0.717) is 30.5 Å². The molecule has 0 unspecified atom stereocenters. The van der Waals surface area contributed by atoms with Crippen molar-refractivity contribution < 1.29 is 9.53 Å². The highest BCUT2D eigenvalue weighted by molar-refractivity contribution is 5.68. The number of likely N-dealkylation sites (tertiary alicyclic amines) is 1. The van der Waals surface area contributed by atoms with Gasteiger partial charge < -0.3 is 20.3 Å². The van der Waals surface area contributed by atoms with Gasteiger partial charge in [-0.3, -0.25) is 0 Å². The number of carbonyl (C=O) groups is 1. The summed E-state index contributed by atoms with van der Waals surface area (Å²) in [5.74, 6) is 1.26. The minimum atomic E-state index is -0.473. The molecule has 27 heavy (non-hydrogen) atoms. The number of anilines is 2. The molecule has 1 amide bonds. The fourth-order valence-corrected chi connectivity index (χ4v) is 2.97. The number of imidazole rings is 1. The first-order valence-corrected chi connectivity index (χ1v) is 9.43. The van der Waals surface area contributed by atoms with Gasteiger partial charge in [-0.2, -0.15) is 4.98 Å². The van der Waals surface area contributed by atoms with Crippen molar-refractivity contribution in [1.82, 2.24) is 24.5 Å². The van der Waals surface area contributed by atoms with Gasteiger partial charge in [0.15, 0.2) is 11.5 Å². The largest absolute Gasteiger partial charge is 0.444 e. The van der Waals surface area contributed by atoms with Crippen LogP contribution >= 0.6 is 0 Å². The van der Waals surface area contributed by atoms with Crippen molar-refractivity contribution >= 4 is 23.5 Å². The Hall–Kier alpha value is -2.58. The zero-order valence-electron chi connectivity index (χ0n) is 16.7. The molecule has 2 N–H and O–H groups in total. The van der Waals surface area contributed by atoms with Crippen molar-refractivity contribution in [2.75, 3.05) is 23.7 Å². The number of hydrogen-bond donors (Lipinski definition) is 2. The predicted molar refractivity (Wildman–Crippen MR) is 104 cm³/mol. The summed E-state index contributed by atoms with van der Waals surface area (Å²) in [6, 6.07) is 0.446. The molecule has 1 fully saturated rings. The quantitative estimate of drug-likeness (QED) is 0.848. The number of ether oxygens (including phenoxy) is 1. The zero-order chi connectivity index (χ0) is 19.6. The van der Waals surface area contributed by atoms with E-state index in [1.165, 1.54) is 0 Å². The van der Waals surface area contributed by atoms with E-state index in [1.54, 1.807) is 21.8 Å². The van der Waals surface area contributed by atoms with Gasteiger partial charge in [-0.25, -0.2) is 14.3 Å². The van der Waals surface area contributed by atoms with Gasteiger partial charge in [-0.15, -0.1) is 5.10 Å². The smallest absolute Gasteiger partial charge is 0.410 e. The molecule has 2 aromatic heterocycles. The average Bonchev–Trinajstić information content (AvgIpc) is 3.02. The van der Waals surface area contributed by atoms with E-state index < -0.39 is 5.60 Å². The molecule has 0 saturated carbocycles. The summed E-state index contributed by atoms with van der Waals surface area (Å²) < 4.78 is 7.17. The first-order chi connectivity index (χ1) is 12.7. The van der Waals surface area contributed by atoms with Gasteiger partial charge in [0, 0.05) is 37.6 Å². The van der Waals surface area contributed by atoms with E-state index in [2.05, 4.69) is 25.7 Å². The van der Waals surface area contributed by atoms with Crippen LogP contribution in [-0.4, -0.2) is 61.3 Å². The third-order valence-electron chi connectivity index (χ3n) is 4.16. The van der Waals surface area contributed by atoms with E-state index in [-0.39, 0.29) is 18.2 Å². The number of aromatic nitrogens is 4. The predicted octanol–water partition coefficient (Wildman–Crippen LogP) is 2.76. The second kappa shape index (κ2) is 7.58. The van der Waals surface area contributed by atoms with Crippen LogP contribution in [0.4, 0.5) is 16.6 Å². The first kappa shape index (κ1) is 19.2. The lowest BCUT2D eigenvalue weighted by atomic mass is 10.1. The maximum atomic E-state index is 12.2. The summed E-state index contributed by atoms with van der Waals surface area (Å²) in [4.78, 5) is 22.9. The van der Waals surface area contributed by atoms with Crippen LogP contribution in [0.3, 0.4) is 0 Å². The molecule has 1 saturated heterocycles. The molecule has 1 aliphatic rings. The molecule has 2 aromatic rings. The van der Waals surface area contributed by atoms with Crippen LogP contribution in [0.1, 0.15) is 47.5 Å². The summed E-state index contributed by atoms with van der Waals surface area (Å²) in [5, 5.41) is 11.1. The lowest BCUT2D eigenvalue weighted by molar-refractivity contribution is 0.0210. The highest BCUT2D eigenvalue weighted by Gasteiger charge is 2.27. The topological polar surface area (TPSA) is 96.7 Å². The monoisotopic (exact) mass is 375 g/mol. The molecule has 3 rings (SSSR count). The van der Waals surface area contributed by atoms with Gasteiger partial charge in [0.1, 0.15) is 5.60 Å². The van der Waals surface area contributed by atoms with Crippen LogP contribution in [0.15, 0.2) is 12.4 Å². The highest BCUT2D eigenvalue weighted by atomic mass is 16.6. The zero-order valence-corrected chi connectivity index (χ0v) is 16.7. The minimum absolute atomic E-state index is 0.214. The number of rotatable bonds is 4. The van der Waals surface area contributed by atoms with E-state index in [0.717, 1.165) is 12.8 Å². The van der Waals surface area contributed by atoms with Crippen LogP contribution in [0.25, 0.3) is 5.65 Å². The van der Waals surface area contributed by atoms with Crippen molar-refractivity contribution in [1.29, 1.82) is 0 Å². The Kier molecular flexibility index (Phi) is 5.38. The number of amides is 1. The molecule has 0 radical (unpaired) electrons. The number of nitrogens with zero attached hydrogens (tertiary/aromatic N) is 5. The fraction of sp³-hybridized carbons (Fsp3) is 0.667. The Balaban J connectivity index is 1.65. The van der Waals surface area contributed by atoms with E-state index in [4.69, 9.17) is 4.74 Å². The number of carbonyl (C=O) groups excluding carboxylic acids is 1. The van der Waals surface area contributed by atoms with Gasteiger partial charge in [-0.05, 0) is 47.5 Å². The Labute approximate surface area is 159 Å². The Morgan fingerprint density at radius 1 is 1.30 bits per heavy atom. The number of hydrogen-bond acceptors (Lipinski definition) is 7. The maximum Gasteiger partial charge on any atom is 0.410 e. The van der Waals surface area contributed by atoms with Crippen LogP contribution in [0.2, 0.25) is 0 Å². The van der Waals surface area contributed by atoms with Crippen LogP contribution in [0.5, 0.6) is 0 Å². The molecule has 0 bridgehead atoms. The summed E-state index contributed by atoms with van der Waals surface area (Å²) in [5.41, 5.74) is 0.220. The van der Waals surface area contributed by atoms with Crippen molar-refractivity contribution in [3.05, 3.63) is 12.4 Å². The molecule has 148 valence electrons. The molecule has 0 aromatic carbocycles. The standard InChI is InChI=1S/C18H29N7O2/c1-12(2)20-16-22-14(15-19-8-11-25(15)23-16)21-13-6-9-24(10-7-13)17(26)27-18(3,4)5/h8,11-13H,6-7,9-10H2,1-5H3,(H2,20,21,22,23). The molecule has 3 heterocycles. The van der Waals surface area contributed by atoms with Crippen molar-refractivity contribution in [2.45, 2.75) is 65.1 Å². The lowest BCUT2D eigenvalue weighted by Crippen LogP contribution is -2.44. The van der Waals surface area contributed by atoms with Gasteiger partial charge in [-0.1, -0.05) is 0 Å². The summed E-state index contributed by atoms with van der Waals surface area (Å²) in [6.45, 7) is 11.0. The molecular weight excluding hydrogens is 346 g/mol. The fourth-order valence-electron chi connectivity index (χ4n) is 2.97. The molecular formula is C18H29N7O2. The van der Waals surface area contributed by atoms with Gasteiger partial charge in [0.05, 0.1) is 0 Å². The molecule has 0 aliphatic carbocycles. The SMILES string of the molecule is CC(C)Nc1nc(NC2CCN(C(=O)OC(C)(C)C)CC2)c2nccn2n1. The lowest BCUT2D eigenvalue weighted by Gasteiger charge is -2.33. The Morgan fingerprint density at radius 3 is 2.63 bits per heavy atom. The van der Waals surface area contributed by atoms with Gasteiger partial charge in [0.2, 0.25) is 5.95 Å². The normalized spacial score (nSPS) is 16.0. The van der Waals surface area contributed by atoms with Crippen LogP contribution < -0.4 is 10.6 Å². The van der Waals surface area contributed by atoms with Crippen molar-refractivity contribution in [3.8, 4) is 0 Å². The third-order valence-corrected chi connectivity index (χ3v) is 4.16. The van der Waals surface area contributed by atoms with E-state index in [9.17, 15) is 4.79 Å². The number of nitrogens with one attached hydrogen (secondary N) is 2. The summed E-state index contributed by atoms with van der Waals surface area (Å²) in [6.07, 6.45) is 4.91. The second-order valence-corrected chi connectivity index (χ2v) is 8.16. The van der Waals surface area contributed by atoms with Gasteiger partial charge in [0.25, 0.3) is 0 Å². The summed E-state index contributed by atoms with van der Waals surface area (Å²) >= 11 is 0. The second-order valence-electron chi connectivity index (χ2n) is 8.16. The molecule has 9 heteroatoms. The van der Waals surface area contributed by atoms with Crippen LogP contribution in [0, 0.1) is 0 Å². The van der Waals surface area contributed by atoms with Crippen molar-refractivity contribution in [2.24, 2.45) is 0 Å². The van der Waals surface area contributed by atoms with Crippen molar-refractivity contribution in [3.63, 3.8) is 0 Å². The summed E-state index contributed by atoms with van der Waals surface area (Å²) in [7, 11) is 0. The molecule has 1 aliphatic heterocycles. The number of fused-ring (bicyclic) bond motifs is 1. The molecule has 9 nitrogen and oxygen atoms in total. The maximum absolute atomic E-state index is 12.2. The molecule has 0 atom stereocenters. The van der Waals surface area contributed by atoms with E-state index >= 15 is 0 Å². The molecule has 0 spiro atoms. The average molecular weight is 375 g/mol. The first-order valence-electron chi connectivity index (χ1n) is 9.43. The Morgan fingerprint density at radius 2 is 2.00 bits per heavy atom. The third kappa shape index (κ3) is 4.99. The van der Waals surface area contributed by atoms with Gasteiger partial charge >= 0.3 is 6.09 Å². The highest BCUT2D eigenvalue weighted by Crippen LogP contribution is 2.21. The minimum Gasteiger partial charge on any atom is -0.444 e. The Bertz CT molecular complexity index is 789. The van der Waals surface area contributed by atoms with Crippen LogP contribution in [-0.2, 0) is 4.74 Å². The van der Waals surface area contributed by atoms with E-state index in [1.807, 2.05) is 34.6 Å². The number of piperidine rings is 1.